The Hall–Kier alpha value is -2.20. The van der Waals surface area contributed by atoms with Gasteiger partial charge in [0.05, 0.1) is 31.9 Å². The number of carbonyl (C=O) groups excluding carboxylic acids is 2. The van der Waals surface area contributed by atoms with Crippen LogP contribution in [0.2, 0.25) is 0 Å². The molecule has 10 heteroatoms. The average Bonchev–Trinajstić information content (AvgIpc) is 3.37. The fourth-order valence-electron chi connectivity index (χ4n) is 4.60. The van der Waals surface area contributed by atoms with E-state index in [9.17, 15) is 9.59 Å². The number of likely N-dealkylation sites (tertiary alicyclic amines) is 1. The molecule has 0 aromatic carbocycles. The topological polar surface area (TPSA) is 102 Å². The third-order valence-corrected chi connectivity index (χ3v) is 6.53. The second-order valence-electron chi connectivity index (χ2n) is 8.34. The van der Waals surface area contributed by atoms with Gasteiger partial charge in [-0.05, 0) is 33.1 Å². The van der Waals surface area contributed by atoms with Gasteiger partial charge in [-0.15, -0.1) is 5.10 Å². The van der Waals surface area contributed by atoms with Crippen LogP contribution in [-0.2, 0) is 34.0 Å². The Morgan fingerprint density at radius 3 is 2.73 bits per heavy atom. The Morgan fingerprint density at radius 2 is 2.00 bits per heavy atom. The zero-order valence-electron chi connectivity index (χ0n) is 17.9. The standard InChI is InChI=1S/C20H32N6O4/c1-3-24(4-2)19(28)21-11-16-17-12-30-20(14-26(17)23-22-16)7-8-25(13-20)18(27)15-5-9-29-10-6-15/h15H,3-14H2,1-2H3,(H,21,28). The van der Waals surface area contributed by atoms with E-state index in [0.717, 1.165) is 30.7 Å². The highest BCUT2D eigenvalue weighted by atomic mass is 16.5. The van der Waals surface area contributed by atoms with Gasteiger partial charge in [0.1, 0.15) is 11.3 Å². The summed E-state index contributed by atoms with van der Waals surface area (Å²) in [6, 6.07) is -0.104. The van der Waals surface area contributed by atoms with Gasteiger partial charge < -0.3 is 24.6 Å². The first-order valence-corrected chi connectivity index (χ1v) is 11.0. The lowest BCUT2D eigenvalue weighted by molar-refractivity contribution is -0.140. The molecule has 1 aromatic heterocycles. The predicted molar refractivity (Wildman–Crippen MR) is 107 cm³/mol. The van der Waals surface area contributed by atoms with E-state index >= 15 is 0 Å². The molecule has 1 atom stereocenters. The highest BCUT2D eigenvalue weighted by Gasteiger charge is 2.45. The number of amides is 3. The second kappa shape index (κ2) is 8.89. The maximum atomic E-state index is 12.9. The molecule has 4 heterocycles. The van der Waals surface area contributed by atoms with Crippen LogP contribution in [0.3, 0.4) is 0 Å². The van der Waals surface area contributed by atoms with Gasteiger partial charge in [-0.3, -0.25) is 4.79 Å². The number of aromatic nitrogens is 3. The molecule has 0 aliphatic carbocycles. The normalized spacial score (nSPS) is 24.1. The summed E-state index contributed by atoms with van der Waals surface area (Å²) in [6.45, 7) is 9.18. The van der Waals surface area contributed by atoms with E-state index in [1.165, 1.54) is 0 Å². The fraction of sp³-hybridized carbons (Fsp3) is 0.800. The van der Waals surface area contributed by atoms with Crippen LogP contribution in [0.5, 0.6) is 0 Å². The monoisotopic (exact) mass is 420 g/mol. The molecule has 1 unspecified atom stereocenters. The van der Waals surface area contributed by atoms with Crippen molar-refractivity contribution in [1.82, 2.24) is 30.1 Å². The van der Waals surface area contributed by atoms with Crippen molar-refractivity contribution in [1.29, 1.82) is 0 Å². The minimum atomic E-state index is -0.400. The van der Waals surface area contributed by atoms with E-state index in [4.69, 9.17) is 9.47 Å². The first kappa shape index (κ1) is 21.0. The van der Waals surface area contributed by atoms with Gasteiger partial charge in [0.15, 0.2) is 0 Å². The second-order valence-corrected chi connectivity index (χ2v) is 8.34. The Labute approximate surface area is 176 Å². The molecule has 0 bridgehead atoms. The van der Waals surface area contributed by atoms with Gasteiger partial charge in [-0.2, -0.15) is 0 Å². The van der Waals surface area contributed by atoms with Crippen molar-refractivity contribution in [3.05, 3.63) is 11.4 Å². The molecular formula is C20H32N6O4. The molecule has 2 fully saturated rings. The highest BCUT2D eigenvalue weighted by molar-refractivity contribution is 5.79. The molecule has 1 aromatic rings. The van der Waals surface area contributed by atoms with Crippen molar-refractivity contribution < 1.29 is 19.1 Å². The quantitative estimate of drug-likeness (QED) is 0.755. The van der Waals surface area contributed by atoms with Gasteiger partial charge in [0, 0.05) is 38.8 Å². The van der Waals surface area contributed by atoms with Crippen LogP contribution in [0.4, 0.5) is 4.79 Å². The molecule has 0 saturated carbocycles. The van der Waals surface area contributed by atoms with E-state index in [2.05, 4.69) is 15.6 Å². The van der Waals surface area contributed by atoms with Crippen molar-refractivity contribution in [2.75, 3.05) is 39.4 Å². The first-order valence-electron chi connectivity index (χ1n) is 11.0. The maximum absolute atomic E-state index is 12.9. The average molecular weight is 421 g/mol. The third kappa shape index (κ3) is 4.15. The molecule has 1 spiro atoms. The highest BCUT2D eigenvalue weighted by Crippen LogP contribution is 2.34. The predicted octanol–water partition coefficient (Wildman–Crippen LogP) is 0.757. The smallest absolute Gasteiger partial charge is 0.317 e. The van der Waals surface area contributed by atoms with E-state index in [-0.39, 0.29) is 17.9 Å². The molecule has 3 amide bonds. The fourth-order valence-corrected chi connectivity index (χ4v) is 4.60. The third-order valence-electron chi connectivity index (χ3n) is 6.53. The number of hydrogen-bond donors (Lipinski definition) is 1. The Bertz CT molecular complexity index is 773. The largest absolute Gasteiger partial charge is 0.381 e. The van der Waals surface area contributed by atoms with E-state index in [1.807, 2.05) is 23.4 Å². The summed E-state index contributed by atoms with van der Waals surface area (Å²) in [5.74, 6) is 0.295. The van der Waals surface area contributed by atoms with E-state index in [0.29, 0.717) is 59.1 Å². The van der Waals surface area contributed by atoms with Crippen molar-refractivity contribution in [3.8, 4) is 0 Å². The van der Waals surface area contributed by atoms with E-state index in [1.54, 1.807) is 4.90 Å². The van der Waals surface area contributed by atoms with Gasteiger partial charge >= 0.3 is 6.03 Å². The lowest BCUT2D eigenvalue weighted by Gasteiger charge is -2.34. The zero-order valence-corrected chi connectivity index (χ0v) is 17.9. The summed E-state index contributed by atoms with van der Waals surface area (Å²) in [5.41, 5.74) is 1.23. The van der Waals surface area contributed by atoms with Gasteiger partial charge in [0.2, 0.25) is 5.91 Å². The van der Waals surface area contributed by atoms with Crippen LogP contribution in [0.15, 0.2) is 0 Å². The molecule has 30 heavy (non-hydrogen) atoms. The first-order chi connectivity index (χ1) is 14.5. The Morgan fingerprint density at radius 1 is 1.23 bits per heavy atom. The van der Waals surface area contributed by atoms with Crippen molar-refractivity contribution in [2.24, 2.45) is 5.92 Å². The molecule has 166 valence electrons. The number of hydrogen-bond acceptors (Lipinski definition) is 6. The van der Waals surface area contributed by atoms with Crippen LogP contribution in [0.1, 0.15) is 44.5 Å². The van der Waals surface area contributed by atoms with Gasteiger partial charge in [-0.25, -0.2) is 9.48 Å². The number of nitrogens with one attached hydrogen (secondary N) is 1. The van der Waals surface area contributed by atoms with Crippen LogP contribution >= 0.6 is 0 Å². The number of urea groups is 1. The Balaban J connectivity index is 1.35. The maximum Gasteiger partial charge on any atom is 0.317 e. The lowest BCUT2D eigenvalue weighted by Crippen LogP contribution is -2.46. The SMILES string of the molecule is CCN(CC)C(=O)NCc1nnn2c1COC1(CCN(C(=O)C3CCOCC3)C1)C2. The minimum absolute atomic E-state index is 0.0699. The van der Waals surface area contributed by atoms with Gasteiger partial charge in [-0.1, -0.05) is 5.21 Å². The summed E-state index contributed by atoms with van der Waals surface area (Å²) in [5, 5.41) is 11.5. The minimum Gasteiger partial charge on any atom is -0.381 e. The molecule has 4 rings (SSSR count). The van der Waals surface area contributed by atoms with Crippen LogP contribution in [0.25, 0.3) is 0 Å². The molecule has 0 radical (unpaired) electrons. The zero-order chi connectivity index (χ0) is 21.1. The van der Waals surface area contributed by atoms with Crippen molar-refractivity contribution in [2.45, 2.75) is 58.4 Å². The molecule has 3 aliphatic rings. The molecule has 2 saturated heterocycles. The molecule has 1 N–H and O–H groups in total. The van der Waals surface area contributed by atoms with E-state index < -0.39 is 5.60 Å². The number of fused-ring (bicyclic) bond motifs is 1. The summed E-state index contributed by atoms with van der Waals surface area (Å²) in [6.07, 6.45) is 2.41. The summed E-state index contributed by atoms with van der Waals surface area (Å²) in [7, 11) is 0. The van der Waals surface area contributed by atoms with Crippen molar-refractivity contribution in [3.63, 3.8) is 0 Å². The number of carbonyl (C=O) groups is 2. The Kier molecular flexibility index (Phi) is 6.24. The van der Waals surface area contributed by atoms with Crippen molar-refractivity contribution >= 4 is 11.9 Å². The number of nitrogens with zero attached hydrogens (tertiary/aromatic N) is 5. The molecule has 10 nitrogen and oxygen atoms in total. The number of rotatable bonds is 5. The van der Waals surface area contributed by atoms with Gasteiger partial charge in [0.25, 0.3) is 0 Å². The molecule has 3 aliphatic heterocycles. The van der Waals surface area contributed by atoms with Crippen LogP contribution < -0.4 is 5.32 Å². The van der Waals surface area contributed by atoms with Crippen LogP contribution in [0, 0.1) is 5.92 Å². The molecular weight excluding hydrogens is 388 g/mol. The summed E-state index contributed by atoms with van der Waals surface area (Å²) < 4.78 is 13.5. The summed E-state index contributed by atoms with van der Waals surface area (Å²) in [4.78, 5) is 28.7. The summed E-state index contributed by atoms with van der Waals surface area (Å²) >= 11 is 0. The van der Waals surface area contributed by atoms with Crippen LogP contribution in [-0.4, -0.2) is 81.7 Å². The lowest BCUT2D eigenvalue weighted by atomic mass is 9.98. The number of ether oxygens (including phenoxy) is 2.